The summed E-state index contributed by atoms with van der Waals surface area (Å²) in [5.74, 6) is 1.31. The number of halogens is 1. The van der Waals surface area contributed by atoms with Gasteiger partial charge in [-0.15, -0.1) is 0 Å². The molecule has 2 aromatic heterocycles. The van der Waals surface area contributed by atoms with E-state index in [0.29, 0.717) is 27.7 Å². The van der Waals surface area contributed by atoms with E-state index < -0.39 is 4.92 Å². The second-order valence-electron chi connectivity index (χ2n) is 6.34. The quantitative estimate of drug-likeness (QED) is 0.321. The van der Waals surface area contributed by atoms with Crippen LogP contribution in [0.3, 0.4) is 0 Å². The van der Waals surface area contributed by atoms with E-state index >= 15 is 0 Å². The molecule has 0 fully saturated rings. The van der Waals surface area contributed by atoms with Crippen molar-refractivity contribution in [3.8, 4) is 22.8 Å². The Morgan fingerprint density at radius 3 is 2.00 bits per heavy atom. The molecule has 0 aliphatic carbocycles. The fraction of sp³-hybridized carbons (Fsp3) is 0. The van der Waals surface area contributed by atoms with Crippen molar-refractivity contribution in [3.63, 3.8) is 0 Å². The third-order valence-corrected chi connectivity index (χ3v) is 4.79. The van der Waals surface area contributed by atoms with E-state index in [1.54, 1.807) is 12.1 Å². The van der Waals surface area contributed by atoms with Gasteiger partial charge in [0, 0.05) is 28.3 Å². The second kappa shape index (κ2) is 6.17. The highest BCUT2D eigenvalue weighted by Gasteiger charge is 2.15. The van der Waals surface area contributed by atoms with E-state index in [1.807, 2.05) is 36.4 Å². The number of nitrogens with zero attached hydrogens (tertiary/aromatic N) is 3. The number of benzene rings is 3. The molecule has 0 bridgehead atoms. The molecule has 5 rings (SSSR count). The van der Waals surface area contributed by atoms with Gasteiger partial charge in [-0.05, 0) is 24.3 Å². The Bertz CT molecular complexity index is 1370. The Labute approximate surface area is 163 Å². The third kappa shape index (κ3) is 2.69. The minimum absolute atomic E-state index is 0.0187. The minimum atomic E-state index is -0.423. The first-order chi connectivity index (χ1) is 13.6. The molecular weight excluding hydrogens is 378 g/mol. The fourth-order valence-electron chi connectivity index (χ4n) is 3.24. The van der Waals surface area contributed by atoms with Crippen LogP contribution < -0.4 is 0 Å². The summed E-state index contributed by atoms with van der Waals surface area (Å²) in [6, 6.07) is 17.8. The number of hydrogen-bond acceptors (Lipinski definition) is 4. The number of H-pyrrole nitrogens is 2. The summed E-state index contributed by atoms with van der Waals surface area (Å²) in [5.41, 5.74) is 4.65. The molecule has 8 heteroatoms. The Balaban J connectivity index is 1.67. The monoisotopic (exact) mass is 389 g/mol. The SMILES string of the molecule is O=[N+]([O-])c1ccc2nc(-c3ccccc3-c3nc4ccc(Cl)cc4[nH]3)[nH]c2c1. The molecule has 136 valence electrons. The van der Waals surface area contributed by atoms with Crippen molar-refractivity contribution < 1.29 is 4.92 Å². The molecule has 0 aliphatic rings. The largest absolute Gasteiger partial charge is 0.338 e. The molecule has 0 saturated carbocycles. The van der Waals surface area contributed by atoms with Crippen molar-refractivity contribution in [3.05, 3.63) is 75.8 Å². The lowest BCUT2D eigenvalue weighted by molar-refractivity contribution is -0.384. The van der Waals surface area contributed by atoms with Crippen LogP contribution in [0, 0.1) is 10.1 Å². The molecule has 0 saturated heterocycles. The van der Waals surface area contributed by atoms with Crippen LogP contribution in [0.4, 0.5) is 5.69 Å². The third-order valence-electron chi connectivity index (χ3n) is 4.56. The van der Waals surface area contributed by atoms with Gasteiger partial charge in [0.05, 0.1) is 27.0 Å². The maximum absolute atomic E-state index is 11.0. The first-order valence-electron chi connectivity index (χ1n) is 8.48. The van der Waals surface area contributed by atoms with Gasteiger partial charge in [0.15, 0.2) is 0 Å². The number of nitrogens with one attached hydrogen (secondary N) is 2. The van der Waals surface area contributed by atoms with Gasteiger partial charge in [-0.1, -0.05) is 35.9 Å². The van der Waals surface area contributed by atoms with Gasteiger partial charge in [-0.25, -0.2) is 9.97 Å². The highest BCUT2D eigenvalue weighted by Crippen LogP contribution is 2.32. The van der Waals surface area contributed by atoms with Crippen molar-refractivity contribution in [1.29, 1.82) is 0 Å². The number of non-ortho nitro benzene ring substituents is 1. The van der Waals surface area contributed by atoms with Crippen LogP contribution in [0.15, 0.2) is 60.7 Å². The second-order valence-corrected chi connectivity index (χ2v) is 6.77. The van der Waals surface area contributed by atoms with Gasteiger partial charge >= 0.3 is 0 Å². The molecule has 28 heavy (non-hydrogen) atoms. The molecule has 0 spiro atoms. The van der Waals surface area contributed by atoms with Crippen LogP contribution in [0.5, 0.6) is 0 Å². The van der Waals surface area contributed by atoms with Crippen LogP contribution in [-0.2, 0) is 0 Å². The maximum atomic E-state index is 11.0. The summed E-state index contributed by atoms with van der Waals surface area (Å²) in [5, 5.41) is 11.7. The predicted octanol–water partition coefficient (Wildman–Crippen LogP) is 5.33. The van der Waals surface area contributed by atoms with E-state index in [0.717, 1.165) is 22.2 Å². The topological polar surface area (TPSA) is 100 Å². The van der Waals surface area contributed by atoms with Crippen LogP contribution in [0.2, 0.25) is 5.02 Å². The zero-order valence-electron chi connectivity index (χ0n) is 14.3. The average Bonchev–Trinajstić information content (AvgIpc) is 3.30. The average molecular weight is 390 g/mol. The lowest BCUT2D eigenvalue weighted by Crippen LogP contribution is -1.88. The van der Waals surface area contributed by atoms with E-state index in [4.69, 9.17) is 11.6 Å². The lowest BCUT2D eigenvalue weighted by atomic mass is 10.1. The minimum Gasteiger partial charge on any atom is -0.338 e. The number of nitro benzene ring substituents is 1. The lowest BCUT2D eigenvalue weighted by Gasteiger charge is -2.04. The standard InChI is InChI=1S/C20H12ClN5O2/c21-11-5-7-15-17(9-11)24-19(22-15)13-3-1-2-4-14(13)20-23-16-8-6-12(26(27)28)10-18(16)25-20/h1-10H,(H,22,24)(H,23,25). The number of hydrogen-bond donors (Lipinski definition) is 2. The molecule has 5 aromatic rings. The molecular formula is C20H12ClN5O2. The highest BCUT2D eigenvalue weighted by atomic mass is 35.5. The number of rotatable bonds is 3. The van der Waals surface area contributed by atoms with Crippen molar-refractivity contribution in [2.45, 2.75) is 0 Å². The number of aromatic amines is 2. The summed E-state index contributed by atoms with van der Waals surface area (Å²) >= 11 is 6.07. The molecule has 0 atom stereocenters. The van der Waals surface area contributed by atoms with Gasteiger partial charge in [-0.2, -0.15) is 0 Å². The van der Waals surface area contributed by atoms with E-state index in [1.165, 1.54) is 12.1 Å². The fourth-order valence-corrected chi connectivity index (χ4v) is 3.42. The molecule has 0 unspecified atom stereocenters. The van der Waals surface area contributed by atoms with Gasteiger partial charge < -0.3 is 9.97 Å². The maximum Gasteiger partial charge on any atom is 0.271 e. The van der Waals surface area contributed by atoms with Crippen molar-refractivity contribution >= 4 is 39.4 Å². The Morgan fingerprint density at radius 1 is 0.821 bits per heavy atom. The molecule has 0 radical (unpaired) electrons. The predicted molar refractivity (Wildman–Crippen MR) is 108 cm³/mol. The molecule has 2 N–H and O–H groups in total. The summed E-state index contributed by atoms with van der Waals surface area (Å²) in [6.45, 7) is 0. The molecule has 0 amide bonds. The summed E-state index contributed by atoms with van der Waals surface area (Å²) in [7, 11) is 0. The zero-order chi connectivity index (χ0) is 19.3. The summed E-state index contributed by atoms with van der Waals surface area (Å²) in [6.07, 6.45) is 0. The van der Waals surface area contributed by atoms with Gasteiger partial charge in [0.25, 0.3) is 5.69 Å². The number of imidazole rings is 2. The number of aromatic nitrogens is 4. The van der Waals surface area contributed by atoms with Crippen molar-refractivity contribution in [1.82, 2.24) is 19.9 Å². The smallest absolute Gasteiger partial charge is 0.271 e. The molecule has 3 aromatic carbocycles. The Hall–Kier alpha value is -3.71. The molecule has 0 aliphatic heterocycles. The van der Waals surface area contributed by atoms with Gasteiger partial charge in [0.1, 0.15) is 11.6 Å². The summed E-state index contributed by atoms with van der Waals surface area (Å²) < 4.78 is 0. The molecule has 7 nitrogen and oxygen atoms in total. The Kier molecular flexibility index (Phi) is 3.63. The highest BCUT2D eigenvalue weighted by molar-refractivity contribution is 6.31. The first-order valence-corrected chi connectivity index (χ1v) is 8.85. The van der Waals surface area contributed by atoms with E-state index in [2.05, 4.69) is 19.9 Å². The summed E-state index contributed by atoms with van der Waals surface area (Å²) in [4.78, 5) is 26.3. The van der Waals surface area contributed by atoms with Crippen molar-refractivity contribution in [2.24, 2.45) is 0 Å². The normalized spacial score (nSPS) is 11.3. The Morgan fingerprint density at radius 2 is 1.39 bits per heavy atom. The van der Waals surface area contributed by atoms with E-state index in [9.17, 15) is 10.1 Å². The molecule has 2 heterocycles. The van der Waals surface area contributed by atoms with Crippen LogP contribution in [0.25, 0.3) is 44.8 Å². The van der Waals surface area contributed by atoms with E-state index in [-0.39, 0.29) is 5.69 Å². The van der Waals surface area contributed by atoms with Crippen LogP contribution >= 0.6 is 11.6 Å². The van der Waals surface area contributed by atoms with Crippen LogP contribution in [0.1, 0.15) is 0 Å². The zero-order valence-corrected chi connectivity index (χ0v) is 15.1. The first kappa shape index (κ1) is 16.5. The van der Waals surface area contributed by atoms with Gasteiger partial charge in [0.2, 0.25) is 0 Å². The number of nitro groups is 1. The number of fused-ring (bicyclic) bond motifs is 2. The van der Waals surface area contributed by atoms with Crippen molar-refractivity contribution in [2.75, 3.05) is 0 Å². The van der Waals surface area contributed by atoms with Crippen LogP contribution in [-0.4, -0.2) is 24.9 Å². The van der Waals surface area contributed by atoms with Gasteiger partial charge in [-0.3, -0.25) is 10.1 Å².